The number of hydrogen-bond acceptors (Lipinski definition) is 3. The third-order valence-corrected chi connectivity index (χ3v) is 5.41. The van der Waals surface area contributed by atoms with E-state index < -0.39 is 11.7 Å². The lowest BCUT2D eigenvalue weighted by molar-refractivity contribution is -0.130. The van der Waals surface area contributed by atoms with E-state index in [1.54, 1.807) is 21.1 Å². The highest BCUT2D eigenvalue weighted by Crippen LogP contribution is 2.21. The normalized spacial score (nSPS) is 15.1. The van der Waals surface area contributed by atoms with Gasteiger partial charge in [0, 0.05) is 31.1 Å². The van der Waals surface area contributed by atoms with Crippen LogP contribution >= 0.6 is 22.9 Å². The van der Waals surface area contributed by atoms with Crippen molar-refractivity contribution in [1.82, 2.24) is 9.80 Å². The Morgan fingerprint density at radius 3 is 2.56 bits per heavy atom. The molecule has 132 valence electrons. The minimum Gasteiger partial charge on any atom is -0.341 e. The van der Waals surface area contributed by atoms with E-state index >= 15 is 0 Å². The molecule has 2 heterocycles. The van der Waals surface area contributed by atoms with E-state index in [0.29, 0.717) is 39.0 Å². The van der Waals surface area contributed by atoms with Gasteiger partial charge in [-0.1, -0.05) is 23.7 Å². The van der Waals surface area contributed by atoms with Gasteiger partial charge in [0.25, 0.3) is 5.91 Å². The van der Waals surface area contributed by atoms with Gasteiger partial charge >= 0.3 is 0 Å². The van der Waals surface area contributed by atoms with E-state index in [2.05, 4.69) is 0 Å². The Kier molecular flexibility index (Phi) is 5.71. The fourth-order valence-electron chi connectivity index (χ4n) is 2.90. The van der Waals surface area contributed by atoms with Gasteiger partial charge in [-0.25, -0.2) is 4.39 Å². The van der Waals surface area contributed by atoms with Crippen molar-refractivity contribution < 1.29 is 14.0 Å². The zero-order chi connectivity index (χ0) is 17.8. The molecule has 4 nitrogen and oxygen atoms in total. The van der Waals surface area contributed by atoms with Crippen molar-refractivity contribution in [3.05, 3.63) is 57.0 Å². The second-order valence-corrected chi connectivity index (χ2v) is 7.32. The lowest BCUT2D eigenvalue weighted by atomic mass is 10.1. The highest BCUT2D eigenvalue weighted by molar-refractivity contribution is 7.10. The quantitative estimate of drug-likeness (QED) is 0.818. The summed E-state index contributed by atoms with van der Waals surface area (Å²) in [6.07, 6.45) is 1.04. The third kappa shape index (κ3) is 4.19. The third-order valence-electron chi connectivity index (χ3n) is 4.22. The van der Waals surface area contributed by atoms with E-state index in [1.165, 1.54) is 18.2 Å². The van der Waals surface area contributed by atoms with Gasteiger partial charge in [0.15, 0.2) is 0 Å². The van der Waals surface area contributed by atoms with Crippen LogP contribution in [0.3, 0.4) is 0 Å². The van der Waals surface area contributed by atoms with Crippen molar-refractivity contribution in [3.8, 4) is 0 Å². The van der Waals surface area contributed by atoms with Crippen LogP contribution in [-0.2, 0) is 11.2 Å². The predicted molar refractivity (Wildman–Crippen MR) is 96.5 cm³/mol. The predicted octanol–water partition coefficient (Wildman–Crippen LogP) is 3.46. The van der Waals surface area contributed by atoms with Crippen LogP contribution in [0.15, 0.2) is 35.7 Å². The zero-order valence-electron chi connectivity index (χ0n) is 13.6. The Hall–Kier alpha value is -1.92. The molecule has 2 aromatic rings. The van der Waals surface area contributed by atoms with Crippen LogP contribution in [0.1, 0.15) is 21.7 Å². The number of nitrogens with zero attached hydrogens (tertiary/aromatic N) is 2. The first-order valence-corrected chi connectivity index (χ1v) is 9.35. The summed E-state index contributed by atoms with van der Waals surface area (Å²) in [5.41, 5.74) is -0.0949. The van der Waals surface area contributed by atoms with E-state index in [4.69, 9.17) is 11.6 Å². The van der Waals surface area contributed by atoms with Gasteiger partial charge < -0.3 is 9.80 Å². The second kappa shape index (κ2) is 7.97. The van der Waals surface area contributed by atoms with Crippen LogP contribution in [-0.4, -0.2) is 47.8 Å². The lowest BCUT2D eigenvalue weighted by Gasteiger charge is -2.22. The summed E-state index contributed by atoms with van der Waals surface area (Å²) in [5.74, 6) is -0.983. The van der Waals surface area contributed by atoms with Crippen LogP contribution in [0.5, 0.6) is 0 Å². The minimum absolute atomic E-state index is 0.0562. The first-order chi connectivity index (χ1) is 12.1. The molecule has 1 aromatic heterocycles. The number of halogens is 2. The molecule has 3 rings (SSSR count). The molecule has 2 amide bonds. The van der Waals surface area contributed by atoms with Gasteiger partial charge in [-0.15, -0.1) is 11.3 Å². The average Bonchev–Trinajstić information content (AvgIpc) is 2.95. The van der Waals surface area contributed by atoms with E-state index in [0.717, 1.165) is 4.88 Å². The fourth-order valence-corrected chi connectivity index (χ4v) is 3.84. The largest absolute Gasteiger partial charge is 0.341 e. The van der Waals surface area contributed by atoms with Crippen molar-refractivity contribution in [1.29, 1.82) is 0 Å². The first kappa shape index (κ1) is 17.9. The molecule has 1 fully saturated rings. The van der Waals surface area contributed by atoms with E-state index in [-0.39, 0.29) is 16.5 Å². The Balaban J connectivity index is 1.65. The molecule has 1 aliphatic heterocycles. The van der Waals surface area contributed by atoms with Crippen molar-refractivity contribution in [2.24, 2.45) is 0 Å². The van der Waals surface area contributed by atoms with Gasteiger partial charge in [-0.05, 0) is 30.0 Å². The summed E-state index contributed by atoms with van der Waals surface area (Å²) in [7, 11) is 0. The molecule has 1 aliphatic rings. The molecule has 0 saturated carbocycles. The van der Waals surface area contributed by atoms with Crippen LogP contribution < -0.4 is 0 Å². The highest BCUT2D eigenvalue weighted by Gasteiger charge is 2.26. The number of hydrogen-bond donors (Lipinski definition) is 0. The number of carbonyl (C=O) groups is 2. The molecule has 0 unspecified atom stereocenters. The van der Waals surface area contributed by atoms with Crippen molar-refractivity contribution in [2.45, 2.75) is 12.8 Å². The summed E-state index contributed by atoms with van der Waals surface area (Å²) in [6, 6.07) is 8.08. The van der Waals surface area contributed by atoms with Crippen LogP contribution in [0.2, 0.25) is 5.02 Å². The van der Waals surface area contributed by atoms with Crippen molar-refractivity contribution in [3.63, 3.8) is 0 Å². The summed E-state index contributed by atoms with van der Waals surface area (Å²) in [6.45, 7) is 1.90. The van der Waals surface area contributed by atoms with Gasteiger partial charge in [0.1, 0.15) is 5.82 Å². The lowest BCUT2D eigenvalue weighted by Crippen LogP contribution is -2.38. The Bertz CT molecular complexity index is 746. The molecule has 1 aromatic carbocycles. The Morgan fingerprint density at radius 1 is 1.08 bits per heavy atom. The molecule has 0 atom stereocenters. The van der Waals surface area contributed by atoms with Crippen LogP contribution in [0.25, 0.3) is 0 Å². The number of carbonyl (C=O) groups excluding carboxylic acids is 2. The molecular weight excluding hydrogens is 363 g/mol. The number of amides is 2. The number of benzene rings is 1. The molecule has 0 radical (unpaired) electrons. The van der Waals surface area contributed by atoms with Gasteiger partial charge in [-0.2, -0.15) is 0 Å². The highest BCUT2D eigenvalue weighted by atomic mass is 35.5. The maximum absolute atomic E-state index is 14.0. The zero-order valence-corrected chi connectivity index (χ0v) is 15.2. The Morgan fingerprint density at radius 2 is 1.84 bits per heavy atom. The monoisotopic (exact) mass is 380 g/mol. The first-order valence-electron chi connectivity index (χ1n) is 8.09. The molecule has 0 aliphatic carbocycles. The van der Waals surface area contributed by atoms with E-state index in [1.807, 2.05) is 17.5 Å². The summed E-state index contributed by atoms with van der Waals surface area (Å²) >= 11 is 7.55. The van der Waals surface area contributed by atoms with Crippen LogP contribution in [0, 0.1) is 5.82 Å². The molecule has 0 spiro atoms. The van der Waals surface area contributed by atoms with E-state index in [9.17, 15) is 14.0 Å². The van der Waals surface area contributed by atoms with Gasteiger partial charge in [-0.3, -0.25) is 9.59 Å². The summed E-state index contributed by atoms with van der Waals surface area (Å²) < 4.78 is 14.0. The summed E-state index contributed by atoms with van der Waals surface area (Å²) in [4.78, 5) is 29.4. The van der Waals surface area contributed by atoms with Gasteiger partial charge in [0.2, 0.25) is 5.91 Å². The Labute approximate surface area is 154 Å². The smallest absolute Gasteiger partial charge is 0.258 e. The maximum Gasteiger partial charge on any atom is 0.258 e. The van der Waals surface area contributed by atoms with Crippen molar-refractivity contribution in [2.75, 3.05) is 26.2 Å². The maximum atomic E-state index is 14.0. The standard InChI is InChI=1S/C18H18ClFN2O2S/c19-14-5-1-6-15(20)17(14)18(24)22-8-3-7-21(9-10-22)16(23)12-13-4-2-11-25-13/h1-2,4-6,11H,3,7-10,12H2. The minimum atomic E-state index is -0.618. The second-order valence-electron chi connectivity index (χ2n) is 5.88. The average molecular weight is 381 g/mol. The molecule has 1 saturated heterocycles. The van der Waals surface area contributed by atoms with Gasteiger partial charge in [0.05, 0.1) is 17.0 Å². The molecule has 25 heavy (non-hydrogen) atoms. The summed E-state index contributed by atoms with van der Waals surface area (Å²) in [5, 5.41) is 2.06. The fraction of sp³-hybridized carbons (Fsp3) is 0.333. The van der Waals surface area contributed by atoms with Crippen LogP contribution in [0.4, 0.5) is 4.39 Å². The number of thiophene rings is 1. The number of rotatable bonds is 3. The topological polar surface area (TPSA) is 40.6 Å². The molecule has 0 bridgehead atoms. The molecular formula is C18H18ClFN2O2S. The van der Waals surface area contributed by atoms with Crippen molar-refractivity contribution >= 4 is 34.8 Å². The molecule has 0 N–H and O–H groups in total. The molecule has 7 heteroatoms. The SMILES string of the molecule is O=C(Cc1cccs1)N1CCCN(C(=O)c2c(F)cccc2Cl)CC1.